The Morgan fingerprint density at radius 3 is 2.17 bits per heavy atom. The van der Waals surface area contributed by atoms with Gasteiger partial charge < -0.3 is 5.11 Å². The molecule has 0 bridgehead atoms. The molecule has 0 aliphatic heterocycles. The Labute approximate surface area is 109 Å². The summed E-state index contributed by atoms with van der Waals surface area (Å²) in [4.78, 5) is 15.0. The summed E-state index contributed by atoms with van der Waals surface area (Å²) in [6, 6.07) is 0. The van der Waals surface area contributed by atoms with E-state index >= 15 is 0 Å². The molecule has 1 rings (SSSR count). The fourth-order valence-corrected chi connectivity index (χ4v) is 1.97. The summed E-state index contributed by atoms with van der Waals surface area (Å²) in [5, 5.41) is 5.55. The molecule has 0 fully saturated rings. The van der Waals surface area contributed by atoms with Crippen molar-refractivity contribution < 1.29 is 18.7 Å². The average Bonchev–Trinajstić information content (AvgIpc) is 2.18. The summed E-state index contributed by atoms with van der Waals surface area (Å²) in [6.07, 6.45) is 0. The molecule has 18 heavy (non-hydrogen) atoms. The number of hydrogen-bond acceptors (Lipinski definition) is 2. The molecule has 1 N–H and O–H groups in total. The number of carboxylic acids is 1. The van der Waals surface area contributed by atoms with Crippen LogP contribution in [0.1, 0.15) is 52.6 Å². The Balaban J connectivity index is 3.70. The number of carbonyl (C=O) groups is 1. The quantitative estimate of drug-likeness (QED) is 0.855. The van der Waals surface area contributed by atoms with E-state index in [4.69, 9.17) is 16.7 Å². The minimum atomic E-state index is -3.60. The van der Waals surface area contributed by atoms with Gasteiger partial charge in [-0.1, -0.05) is 13.8 Å². The first-order valence-electron chi connectivity index (χ1n) is 5.39. The number of carboxylic acid groups (broad SMARTS) is 1. The maximum atomic E-state index is 13.2. The minimum absolute atomic E-state index is 0.0211. The summed E-state index contributed by atoms with van der Waals surface area (Å²) >= 11 is 5.00. The first-order valence-corrected chi connectivity index (χ1v) is 5.76. The van der Waals surface area contributed by atoms with Crippen LogP contribution in [0.3, 0.4) is 0 Å². The molecule has 0 saturated carbocycles. The maximum absolute atomic E-state index is 13.2. The lowest BCUT2D eigenvalue weighted by molar-refractivity contribution is 0.0689. The number of nitrogens with zero attached hydrogens (tertiary/aromatic N) is 1. The van der Waals surface area contributed by atoms with Gasteiger partial charge in [0.15, 0.2) is 0 Å². The van der Waals surface area contributed by atoms with E-state index in [1.54, 1.807) is 13.8 Å². The highest BCUT2D eigenvalue weighted by Crippen LogP contribution is 2.36. The number of hydrogen-bond donors (Lipinski definition) is 1. The van der Waals surface area contributed by atoms with Crippen molar-refractivity contribution in [2.45, 2.75) is 39.0 Å². The third kappa shape index (κ3) is 2.61. The van der Waals surface area contributed by atoms with Crippen molar-refractivity contribution in [3.63, 3.8) is 0 Å². The first kappa shape index (κ1) is 14.8. The van der Waals surface area contributed by atoms with E-state index in [1.165, 1.54) is 13.8 Å². The Bertz CT molecular complexity index is 496. The van der Waals surface area contributed by atoms with Crippen molar-refractivity contribution in [3.8, 4) is 0 Å². The fraction of sp³-hybridized carbons (Fsp3) is 0.500. The Morgan fingerprint density at radius 2 is 1.83 bits per heavy atom. The zero-order valence-electron chi connectivity index (χ0n) is 10.5. The third-order valence-electron chi connectivity index (χ3n) is 2.81. The van der Waals surface area contributed by atoms with Crippen LogP contribution in [0.2, 0.25) is 0 Å². The van der Waals surface area contributed by atoms with Gasteiger partial charge in [0.25, 0.3) is 0 Å². The molecule has 100 valence electrons. The van der Waals surface area contributed by atoms with Crippen molar-refractivity contribution in [1.29, 1.82) is 0 Å². The summed E-state index contributed by atoms with van der Waals surface area (Å²) < 4.78 is 26.5. The number of halogens is 3. The first-order chi connectivity index (χ1) is 8.07. The predicted octanol–water partition coefficient (Wildman–Crippen LogP) is 3.81. The van der Waals surface area contributed by atoms with Crippen LogP contribution in [0.4, 0.5) is 8.78 Å². The second kappa shape index (κ2) is 4.80. The summed E-state index contributed by atoms with van der Waals surface area (Å²) in [5.41, 5.74) is -0.0863. The van der Waals surface area contributed by atoms with Crippen molar-refractivity contribution in [2.24, 2.45) is 0 Å². The van der Waals surface area contributed by atoms with Crippen molar-refractivity contribution >= 4 is 17.6 Å². The van der Waals surface area contributed by atoms with E-state index in [9.17, 15) is 13.6 Å². The standard InChI is InChI=1S/C12H14ClF2NO2/c1-5(2)9-8(11(17)18)6(3)7(4)10(16-9)12(13,14)15/h5H,1-4H3,(H,17,18). The van der Waals surface area contributed by atoms with Crippen LogP contribution in [-0.2, 0) is 5.38 Å². The average molecular weight is 278 g/mol. The lowest BCUT2D eigenvalue weighted by atomic mass is 9.95. The number of rotatable bonds is 3. The minimum Gasteiger partial charge on any atom is -0.478 e. The predicted molar refractivity (Wildman–Crippen MR) is 64.5 cm³/mol. The van der Waals surface area contributed by atoms with Crippen LogP contribution in [0.25, 0.3) is 0 Å². The summed E-state index contributed by atoms with van der Waals surface area (Å²) in [6.45, 7) is 6.27. The Kier molecular flexibility index (Phi) is 3.96. The zero-order chi connectivity index (χ0) is 14.2. The smallest absolute Gasteiger partial charge is 0.365 e. The molecule has 3 nitrogen and oxygen atoms in total. The van der Waals surface area contributed by atoms with Gasteiger partial charge >= 0.3 is 11.4 Å². The SMILES string of the molecule is Cc1c(C(F)(F)Cl)nc(C(C)C)c(C(=O)O)c1C. The highest BCUT2D eigenvalue weighted by molar-refractivity contribution is 6.21. The molecular weight excluding hydrogens is 264 g/mol. The van der Waals surface area contributed by atoms with E-state index in [2.05, 4.69) is 4.98 Å². The van der Waals surface area contributed by atoms with Gasteiger partial charge in [-0.2, -0.15) is 8.78 Å². The molecule has 0 aromatic carbocycles. The van der Waals surface area contributed by atoms with Crippen LogP contribution in [-0.4, -0.2) is 16.1 Å². The lowest BCUT2D eigenvalue weighted by Crippen LogP contribution is -2.18. The topological polar surface area (TPSA) is 50.2 Å². The molecule has 0 unspecified atom stereocenters. The van der Waals surface area contributed by atoms with E-state index < -0.39 is 17.0 Å². The van der Waals surface area contributed by atoms with E-state index in [0.717, 1.165) is 0 Å². The van der Waals surface area contributed by atoms with E-state index in [-0.39, 0.29) is 28.3 Å². The summed E-state index contributed by atoms with van der Waals surface area (Å²) in [7, 11) is 0. The molecule has 0 saturated heterocycles. The van der Waals surface area contributed by atoms with Gasteiger partial charge in [-0.3, -0.25) is 0 Å². The lowest BCUT2D eigenvalue weighted by Gasteiger charge is -2.19. The van der Waals surface area contributed by atoms with Gasteiger partial charge in [0, 0.05) is 0 Å². The number of aromatic nitrogens is 1. The van der Waals surface area contributed by atoms with Crippen molar-refractivity contribution in [1.82, 2.24) is 4.98 Å². The molecule has 0 radical (unpaired) electrons. The molecule has 0 spiro atoms. The van der Waals surface area contributed by atoms with Gasteiger partial charge in [-0.15, -0.1) is 0 Å². The van der Waals surface area contributed by atoms with Crippen LogP contribution < -0.4 is 0 Å². The van der Waals surface area contributed by atoms with Crippen molar-refractivity contribution in [2.75, 3.05) is 0 Å². The van der Waals surface area contributed by atoms with Crippen LogP contribution in [0.15, 0.2) is 0 Å². The van der Waals surface area contributed by atoms with Gasteiger partial charge in [0.1, 0.15) is 5.69 Å². The third-order valence-corrected chi connectivity index (χ3v) is 2.99. The highest BCUT2D eigenvalue weighted by Gasteiger charge is 2.35. The second-order valence-electron chi connectivity index (χ2n) is 4.43. The Morgan fingerprint density at radius 1 is 1.33 bits per heavy atom. The summed E-state index contributed by atoms with van der Waals surface area (Å²) in [5.74, 6) is -1.45. The van der Waals surface area contributed by atoms with Gasteiger partial charge in [-0.25, -0.2) is 9.78 Å². The maximum Gasteiger partial charge on any atom is 0.365 e. The molecule has 1 heterocycles. The Hall–Kier alpha value is -1.23. The normalized spacial score (nSPS) is 12.0. The zero-order valence-corrected chi connectivity index (χ0v) is 11.3. The van der Waals surface area contributed by atoms with Gasteiger partial charge in [0.05, 0.1) is 11.3 Å². The molecule has 0 aliphatic carbocycles. The van der Waals surface area contributed by atoms with E-state index in [0.29, 0.717) is 0 Å². The highest BCUT2D eigenvalue weighted by atomic mass is 35.5. The number of pyridine rings is 1. The number of alkyl halides is 3. The molecule has 6 heteroatoms. The number of aromatic carboxylic acids is 1. The molecule has 0 aliphatic rings. The van der Waals surface area contributed by atoms with E-state index in [1.807, 2.05) is 0 Å². The van der Waals surface area contributed by atoms with Crippen LogP contribution >= 0.6 is 11.6 Å². The molecule has 0 atom stereocenters. The monoisotopic (exact) mass is 277 g/mol. The van der Waals surface area contributed by atoms with Crippen LogP contribution in [0.5, 0.6) is 0 Å². The van der Waals surface area contributed by atoms with Crippen LogP contribution in [0, 0.1) is 13.8 Å². The molecular formula is C12H14ClF2NO2. The van der Waals surface area contributed by atoms with Crippen molar-refractivity contribution in [3.05, 3.63) is 28.1 Å². The molecule has 0 amide bonds. The van der Waals surface area contributed by atoms with Gasteiger partial charge in [0.2, 0.25) is 0 Å². The fourth-order valence-electron chi connectivity index (χ4n) is 1.78. The molecule has 1 aromatic heterocycles. The van der Waals surface area contributed by atoms with Gasteiger partial charge in [-0.05, 0) is 42.5 Å². The molecule has 1 aromatic rings. The largest absolute Gasteiger partial charge is 0.478 e. The second-order valence-corrected chi connectivity index (χ2v) is 4.90.